The number of nitrogens with one attached hydrogen (secondary N) is 1. The molecule has 0 aromatic carbocycles. The van der Waals surface area contributed by atoms with Crippen LogP contribution < -0.4 is 5.32 Å². The maximum absolute atomic E-state index is 12.8. The van der Waals surface area contributed by atoms with Gasteiger partial charge in [0.15, 0.2) is 0 Å². The van der Waals surface area contributed by atoms with Crippen molar-refractivity contribution >= 4 is 11.8 Å². The number of nitrogens with zero attached hydrogens (tertiary/aromatic N) is 1. The van der Waals surface area contributed by atoms with Gasteiger partial charge in [0.25, 0.3) is 0 Å². The van der Waals surface area contributed by atoms with Crippen LogP contribution in [0.4, 0.5) is 0 Å². The summed E-state index contributed by atoms with van der Waals surface area (Å²) in [5.41, 5.74) is -0.638. The standard InChI is InChI=1S/C17H28N2O2/c1-17(14-8-9-14)16(21)19(12-10-15(20)18-17)11-4-7-13-5-2-3-6-13/h13-14H,2-12H2,1H3,(H,18,20). The Balaban J connectivity index is 1.57. The highest BCUT2D eigenvalue weighted by molar-refractivity contribution is 5.93. The summed E-state index contributed by atoms with van der Waals surface area (Å²) in [6, 6.07) is 0. The Morgan fingerprint density at radius 1 is 1.19 bits per heavy atom. The van der Waals surface area contributed by atoms with Crippen molar-refractivity contribution < 1.29 is 9.59 Å². The molecule has 2 amide bonds. The zero-order chi connectivity index (χ0) is 14.9. The van der Waals surface area contributed by atoms with E-state index in [-0.39, 0.29) is 11.8 Å². The molecule has 0 aromatic rings. The Morgan fingerprint density at radius 2 is 1.90 bits per heavy atom. The third-order valence-corrected chi connectivity index (χ3v) is 5.65. The van der Waals surface area contributed by atoms with Crippen LogP contribution in [0.5, 0.6) is 0 Å². The minimum Gasteiger partial charge on any atom is -0.342 e. The van der Waals surface area contributed by atoms with E-state index in [4.69, 9.17) is 0 Å². The fraction of sp³-hybridized carbons (Fsp3) is 0.882. The van der Waals surface area contributed by atoms with Crippen LogP contribution in [0.25, 0.3) is 0 Å². The summed E-state index contributed by atoms with van der Waals surface area (Å²) in [4.78, 5) is 26.7. The fourth-order valence-electron chi connectivity index (χ4n) is 4.09. The smallest absolute Gasteiger partial charge is 0.248 e. The van der Waals surface area contributed by atoms with Crippen LogP contribution in [-0.4, -0.2) is 35.3 Å². The lowest BCUT2D eigenvalue weighted by atomic mass is 9.94. The second-order valence-electron chi connectivity index (χ2n) is 7.36. The largest absolute Gasteiger partial charge is 0.342 e. The van der Waals surface area contributed by atoms with Crippen molar-refractivity contribution in [2.45, 2.75) is 70.3 Å². The fourth-order valence-corrected chi connectivity index (χ4v) is 4.09. The summed E-state index contributed by atoms with van der Waals surface area (Å²) >= 11 is 0. The van der Waals surface area contributed by atoms with E-state index in [1.807, 2.05) is 11.8 Å². The van der Waals surface area contributed by atoms with Gasteiger partial charge in [0.1, 0.15) is 5.54 Å². The lowest BCUT2D eigenvalue weighted by Gasteiger charge is -2.32. The molecule has 0 radical (unpaired) electrons. The highest BCUT2D eigenvalue weighted by Gasteiger charge is 2.50. The summed E-state index contributed by atoms with van der Waals surface area (Å²) in [7, 11) is 0. The van der Waals surface area contributed by atoms with E-state index < -0.39 is 5.54 Å². The molecule has 2 aliphatic carbocycles. The van der Waals surface area contributed by atoms with Gasteiger partial charge in [-0.05, 0) is 44.4 Å². The summed E-state index contributed by atoms with van der Waals surface area (Å²) < 4.78 is 0. The van der Waals surface area contributed by atoms with E-state index in [1.165, 1.54) is 32.1 Å². The van der Waals surface area contributed by atoms with Gasteiger partial charge >= 0.3 is 0 Å². The SMILES string of the molecule is CC1(C2CC2)NC(=O)CCN(CCCC2CCCC2)C1=O. The molecule has 4 heteroatoms. The molecule has 1 saturated heterocycles. The normalized spacial score (nSPS) is 31.4. The quantitative estimate of drug-likeness (QED) is 0.846. The number of carbonyl (C=O) groups is 2. The molecule has 1 N–H and O–H groups in total. The van der Waals surface area contributed by atoms with Gasteiger partial charge in [-0.15, -0.1) is 0 Å². The molecular weight excluding hydrogens is 264 g/mol. The average molecular weight is 292 g/mol. The van der Waals surface area contributed by atoms with Gasteiger partial charge in [-0.2, -0.15) is 0 Å². The van der Waals surface area contributed by atoms with Crippen LogP contribution >= 0.6 is 0 Å². The molecule has 0 spiro atoms. The Morgan fingerprint density at radius 3 is 2.57 bits per heavy atom. The Bertz CT molecular complexity index is 413. The highest BCUT2D eigenvalue weighted by Crippen LogP contribution is 2.41. The molecule has 1 heterocycles. The lowest BCUT2D eigenvalue weighted by Crippen LogP contribution is -2.56. The molecule has 118 valence electrons. The average Bonchev–Trinajstić information content (AvgIpc) is 3.21. The van der Waals surface area contributed by atoms with Gasteiger partial charge in [0, 0.05) is 19.5 Å². The number of amides is 2. The molecule has 3 fully saturated rings. The zero-order valence-electron chi connectivity index (χ0n) is 13.2. The monoisotopic (exact) mass is 292 g/mol. The van der Waals surface area contributed by atoms with Crippen LogP contribution in [0.1, 0.15) is 64.7 Å². The van der Waals surface area contributed by atoms with E-state index >= 15 is 0 Å². The second kappa shape index (κ2) is 5.98. The van der Waals surface area contributed by atoms with E-state index in [0.29, 0.717) is 18.9 Å². The molecule has 3 aliphatic rings. The van der Waals surface area contributed by atoms with Crippen molar-refractivity contribution in [2.24, 2.45) is 11.8 Å². The predicted molar refractivity (Wildman–Crippen MR) is 81.7 cm³/mol. The third-order valence-electron chi connectivity index (χ3n) is 5.65. The van der Waals surface area contributed by atoms with Gasteiger partial charge in [-0.1, -0.05) is 25.7 Å². The zero-order valence-corrected chi connectivity index (χ0v) is 13.2. The van der Waals surface area contributed by atoms with Gasteiger partial charge in [0.2, 0.25) is 11.8 Å². The highest BCUT2D eigenvalue weighted by atomic mass is 16.2. The first-order valence-electron chi connectivity index (χ1n) is 8.70. The molecule has 0 aromatic heterocycles. The number of rotatable bonds is 5. The van der Waals surface area contributed by atoms with Crippen molar-refractivity contribution in [3.8, 4) is 0 Å². The Kier molecular flexibility index (Phi) is 4.23. The van der Waals surface area contributed by atoms with Gasteiger partial charge in [-0.3, -0.25) is 9.59 Å². The van der Waals surface area contributed by atoms with Gasteiger partial charge in [0.05, 0.1) is 0 Å². The van der Waals surface area contributed by atoms with E-state index in [2.05, 4.69) is 5.32 Å². The van der Waals surface area contributed by atoms with Crippen LogP contribution in [0, 0.1) is 11.8 Å². The molecule has 1 atom stereocenters. The van der Waals surface area contributed by atoms with E-state index in [0.717, 1.165) is 31.7 Å². The number of hydrogen-bond donors (Lipinski definition) is 1. The van der Waals surface area contributed by atoms with Crippen LogP contribution in [0.3, 0.4) is 0 Å². The molecule has 4 nitrogen and oxygen atoms in total. The van der Waals surface area contributed by atoms with Gasteiger partial charge < -0.3 is 10.2 Å². The maximum atomic E-state index is 12.8. The van der Waals surface area contributed by atoms with E-state index in [1.54, 1.807) is 0 Å². The first-order valence-corrected chi connectivity index (χ1v) is 8.70. The van der Waals surface area contributed by atoms with Crippen molar-refractivity contribution in [1.82, 2.24) is 10.2 Å². The first-order chi connectivity index (χ1) is 10.1. The maximum Gasteiger partial charge on any atom is 0.248 e. The second-order valence-corrected chi connectivity index (χ2v) is 7.36. The summed E-state index contributed by atoms with van der Waals surface area (Å²) in [6.07, 6.45) is 10.4. The molecule has 1 unspecified atom stereocenters. The minimum atomic E-state index is -0.638. The third kappa shape index (κ3) is 3.24. The Hall–Kier alpha value is -1.06. The summed E-state index contributed by atoms with van der Waals surface area (Å²) in [5.74, 6) is 1.42. The number of hydrogen-bond acceptors (Lipinski definition) is 2. The van der Waals surface area contributed by atoms with Crippen molar-refractivity contribution in [3.05, 3.63) is 0 Å². The van der Waals surface area contributed by atoms with Gasteiger partial charge in [-0.25, -0.2) is 0 Å². The lowest BCUT2D eigenvalue weighted by molar-refractivity contribution is -0.139. The summed E-state index contributed by atoms with van der Waals surface area (Å²) in [6.45, 7) is 3.35. The van der Waals surface area contributed by atoms with Crippen LogP contribution in [-0.2, 0) is 9.59 Å². The first kappa shape index (κ1) is 14.9. The molecule has 0 bridgehead atoms. The molecule has 21 heavy (non-hydrogen) atoms. The predicted octanol–water partition coefficient (Wildman–Crippen LogP) is 2.47. The molecule has 3 rings (SSSR count). The van der Waals surface area contributed by atoms with Crippen molar-refractivity contribution in [1.29, 1.82) is 0 Å². The van der Waals surface area contributed by atoms with Crippen LogP contribution in [0.15, 0.2) is 0 Å². The summed E-state index contributed by atoms with van der Waals surface area (Å²) in [5, 5.41) is 3.00. The molecule has 2 saturated carbocycles. The van der Waals surface area contributed by atoms with Crippen LogP contribution in [0.2, 0.25) is 0 Å². The van der Waals surface area contributed by atoms with Crippen molar-refractivity contribution in [3.63, 3.8) is 0 Å². The molecule has 1 aliphatic heterocycles. The minimum absolute atomic E-state index is 0.0380. The van der Waals surface area contributed by atoms with Crippen molar-refractivity contribution in [2.75, 3.05) is 13.1 Å². The number of carbonyl (C=O) groups excluding carboxylic acids is 2. The molecular formula is C17H28N2O2. The Labute approximate surface area is 127 Å². The topological polar surface area (TPSA) is 49.4 Å². The van der Waals surface area contributed by atoms with E-state index in [9.17, 15) is 9.59 Å².